The van der Waals surface area contributed by atoms with Crippen LogP contribution in [0.15, 0.2) is 11.5 Å². The summed E-state index contributed by atoms with van der Waals surface area (Å²) in [6, 6.07) is 0. The van der Waals surface area contributed by atoms with Crippen LogP contribution >= 0.6 is 28.5 Å². The van der Waals surface area contributed by atoms with Gasteiger partial charge in [0.15, 0.2) is 0 Å². The minimum atomic E-state index is -2.51. The van der Waals surface area contributed by atoms with Crippen molar-refractivity contribution in [3.05, 3.63) is 11.5 Å². The first-order valence-corrected chi connectivity index (χ1v) is 9.07. The van der Waals surface area contributed by atoms with E-state index in [2.05, 4.69) is 6.92 Å². The third-order valence-electron chi connectivity index (χ3n) is 1.07. The van der Waals surface area contributed by atoms with E-state index >= 15 is 0 Å². The van der Waals surface area contributed by atoms with Crippen LogP contribution in [0.5, 0.6) is 0 Å². The molecule has 1 unspecified atom stereocenters. The average Bonchev–Trinajstić information content (AvgIpc) is 2.12. The highest BCUT2D eigenvalue weighted by Crippen LogP contribution is 2.70. The van der Waals surface area contributed by atoms with Gasteiger partial charge in [-0.15, -0.1) is 0 Å². The molecule has 0 bridgehead atoms. The van der Waals surface area contributed by atoms with Crippen LogP contribution in [0.2, 0.25) is 0 Å². The Morgan fingerprint density at radius 1 is 1.46 bits per heavy atom. The highest BCUT2D eigenvalue weighted by molar-refractivity contribution is 8.89. The molecular formula is C8H17O2PS2. The zero-order chi connectivity index (χ0) is 10.2. The molecule has 0 fully saturated rings. The Labute approximate surface area is 88.8 Å². The summed E-state index contributed by atoms with van der Waals surface area (Å²) in [5, 5.41) is 1.83. The molecule has 13 heavy (non-hydrogen) atoms. The van der Waals surface area contributed by atoms with Gasteiger partial charge in [-0.05, 0) is 37.1 Å². The normalized spacial score (nSPS) is 16.2. The summed E-state index contributed by atoms with van der Waals surface area (Å²) >= 11 is 2.74. The van der Waals surface area contributed by atoms with Gasteiger partial charge in [-0.2, -0.15) is 0 Å². The molecule has 0 aliphatic rings. The fraction of sp³-hybridized carbons (Fsp3) is 0.750. The molecule has 0 saturated heterocycles. The third-order valence-corrected chi connectivity index (χ3v) is 8.19. The summed E-state index contributed by atoms with van der Waals surface area (Å²) < 4.78 is 17.2. The van der Waals surface area contributed by atoms with Crippen molar-refractivity contribution in [3.8, 4) is 0 Å². The molecule has 0 N–H and O–H groups in total. The molecular weight excluding hydrogens is 223 g/mol. The molecule has 0 saturated carbocycles. The lowest BCUT2D eigenvalue weighted by Crippen LogP contribution is -1.83. The van der Waals surface area contributed by atoms with Gasteiger partial charge < -0.3 is 4.52 Å². The van der Waals surface area contributed by atoms with Crippen molar-refractivity contribution in [1.82, 2.24) is 0 Å². The molecule has 78 valence electrons. The Morgan fingerprint density at radius 2 is 2.15 bits per heavy atom. The van der Waals surface area contributed by atoms with E-state index in [0.717, 1.165) is 12.2 Å². The molecule has 5 heteroatoms. The number of hydrogen-bond donors (Lipinski definition) is 0. The van der Waals surface area contributed by atoms with Crippen molar-refractivity contribution < 1.29 is 9.09 Å². The zero-order valence-electron chi connectivity index (χ0n) is 8.36. The smallest absolute Gasteiger partial charge is 0.314 e. The monoisotopic (exact) mass is 240 g/mol. The van der Waals surface area contributed by atoms with Gasteiger partial charge in [0.25, 0.3) is 0 Å². The second-order valence-electron chi connectivity index (χ2n) is 2.27. The lowest BCUT2D eigenvalue weighted by molar-refractivity contribution is 0.357. The molecule has 0 heterocycles. The Balaban J connectivity index is 4.07. The second-order valence-corrected chi connectivity index (χ2v) is 9.56. The molecule has 2 nitrogen and oxygen atoms in total. The van der Waals surface area contributed by atoms with Gasteiger partial charge in [-0.1, -0.05) is 24.4 Å². The Morgan fingerprint density at radius 3 is 2.62 bits per heavy atom. The largest absolute Gasteiger partial charge is 0.317 e. The van der Waals surface area contributed by atoms with Crippen LogP contribution < -0.4 is 0 Å². The van der Waals surface area contributed by atoms with Crippen molar-refractivity contribution in [2.24, 2.45) is 0 Å². The lowest BCUT2D eigenvalue weighted by Gasteiger charge is -2.13. The first kappa shape index (κ1) is 13.6. The Hall–Kier alpha value is 0.630. The molecule has 0 radical (unpaired) electrons. The molecule has 0 amide bonds. The quantitative estimate of drug-likeness (QED) is 0.610. The van der Waals surface area contributed by atoms with Crippen molar-refractivity contribution >= 4 is 28.5 Å². The maximum Gasteiger partial charge on any atom is 0.317 e. The van der Waals surface area contributed by atoms with Gasteiger partial charge in [0, 0.05) is 5.75 Å². The van der Waals surface area contributed by atoms with Crippen LogP contribution in [0, 0.1) is 0 Å². The van der Waals surface area contributed by atoms with Crippen LogP contribution in [0.1, 0.15) is 27.2 Å². The van der Waals surface area contributed by atoms with E-state index in [4.69, 9.17) is 4.52 Å². The zero-order valence-corrected chi connectivity index (χ0v) is 10.9. The minimum Gasteiger partial charge on any atom is -0.314 e. The van der Waals surface area contributed by atoms with Crippen LogP contribution in [-0.2, 0) is 9.09 Å². The maximum atomic E-state index is 12.0. The minimum absolute atomic E-state index is 0.512. The van der Waals surface area contributed by atoms with Crippen LogP contribution in [0.4, 0.5) is 0 Å². The van der Waals surface area contributed by atoms with Gasteiger partial charge in [0.2, 0.25) is 0 Å². The van der Waals surface area contributed by atoms with E-state index in [1.807, 2.05) is 25.3 Å². The van der Waals surface area contributed by atoms with E-state index in [9.17, 15) is 4.57 Å². The van der Waals surface area contributed by atoms with Crippen molar-refractivity contribution in [2.45, 2.75) is 27.2 Å². The van der Waals surface area contributed by atoms with Gasteiger partial charge >= 0.3 is 5.77 Å². The highest BCUT2D eigenvalue weighted by Gasteiger charge is 2.22. The Bertz CT molecular complexity index is 195. The highest BCUT2D eigenvalue weighted by atomic mass is 33.1. The van der Waals surface area contributed by atoms with Crippen molar-refractivity contribution in [3.63, 3.8) is 0 Å². The molecule has 0 rings (SSSR count). The van der Waals surface area contributed by atoms with E-state index in [-0.39, 0.29) is 0 Å². The van der Waals surface area contributed by atoms with E-state index in [1.165, 1.54) is 22.8 Å². The number of hydrogen-bond acceptors (Lipinski definition) is 4. The predicted molar refractivity (Wildman–Crippen MR) is 64.4 cm³/mol. The summed E-state index contributed by atoms with van der Waals surface area (Å²) in [6.07, 6.45) is 2.90. The molecule has 0 aromatic carbocycles. The van der Waals surface area contributed by atoms with Crippen molar-refractivity contribution in [1.29, 1.82) is 0 Å². The van der Waals surface area contributed by atoms with E-state index in [1.54, 1.807) is 0 Å². The van der Waals surface area contributed by atoms with E-state index < -0.39 is 5.77 Å². The summed E-state index contributed by atoms with van der Waals surface area (Å²) in [4.78, 5) is 0. The van der Waals surface area contributed by atoms with Crippen LogP contribution in [0.25, 0.3) is 0 Å². The van der Waals surface area contributed by atoms with Crippen LogP contribution in [-0.4, -0.2) is 12.4 Å². The van der Waals surface area contributed by atoms with Gasteiger partial charge in [-0.3, -0.25) is 4.57 Å². The Kier molecular flexibility index (Phi) is 8.37. The summed E-state index contributed by atoms with van der Waals surface area (Å²) in [5.41, 5.74) is 0. The standard InChI is InChI=1S/C8H17O2PS2/c1-4-7-12-11(9,10-6-3)13-8-5-2/h4,7H,5-6,8H2,1-3H3. The summed E-state index contributed by atoms with van der Waals surface area (Å²) in [5.74, 6) is -1.62. The molecule has 1 atom stereocenters. The molecule has 0 spiro atoms. The number of rotatable bonds is 7. The summed E-state index contributed by atoms with van der Waals surface area (Å²) in [7, 11) is 0. The molecule has 0 aromatic heterocycles. The van der Waals surface area contributed by atoms with Crippen LogP contribution in [0.3, 0.4) is 0 Å². The third kappa shape index (κ3) is 6.67. The second kappa shape index (κ2) is 7.98. The average molecular weight is 240 g/mol. The fourth-order valence-corrected chi connectivity index (χ4v) is 6.70. The fourth-order valence-electron chi connectivity index (χ4n) is 0.595. The van der Waals surface area contributed by atoms with Crippen molar-refractivity contribution in [2.75, 3.05) is 12.4 Å². The number of allylic oxidation sites excluding steroid dienone is 1. The lowest BCUT2D eigenvalue weighted by atomic mass is 10.6. The molecule has 0 aromatic rings. The van der Waals surface area contributed by atoms with E-state index in [0.29, 0.717) is 6.61 Å². The first-order valence-electron chi connectivity index (χ1n) is 4.37. The molecule has 0 aliphatic carbocycles. The predicted octanol–water partition coefficient (Wildman–Crippen LogP) is 4.54. The maximum absolute atomic E-state index is 12.0. The molecule has 0 aliphatic heterocycles. The van der Waals surface area contributed by atoms with Gasteiger partial charge in [0.1, 0.15) is 0 Å². The first-order chi connectivity index (χ1) is 6.18. The SMILES string of the molecule is CC=CSP(=O)(OCC)SCCC. The van der Waals surface area contributed by atoms with Gasteiger partial charge in [-0.25, -0.2) is 0 Å². The van der Waals surface area contributed by atoms with Gasteiger partial charge in [0.05, 0.1) is 6.61 Å². The summed E-state index contributed by atoms with van der Waals surface area (Å²) in [6.45, 7) is 6.37. The topological polar surface area (TPSA) is 26.3 Å².